The van der Waals surface area contributed by atoms with Crippen LogP contribution in [0, 0.1) is 19.7 Å². The highest BCUT2D eigenvalue weighted by molar-refractivity contribution is 5.43. The van der Waals surface area contributed by atoms with Gasteiger partial charge in [-0.2, -0.15) is 0 Å². The van der Waals surface area contributed by atoms with E-state index in [1.807, 2.05) is 38.1 Å². The van der Waals surface area contributed by atoms with Gasteiger partial charge in [-0.1, -0.05) is 30.3 Å². The van der Waals surface area contributed by atoms with Crippen LogP contribution in [0.2, 0.25) is 0 Å². The van der Waals surface area contributed by atoms with Gasteiger partial charge in [-0.15, -0.1) is 0 Å². The van der Waals surface area contributed by atoms with E-state index in [2.05, 4.69) is 0 Å². The molecule has 1 unspecified atom stereocenters. The average Bonchev–Trinajstić information content (AvgIpc) is 2.32. The topological polar surface area (TPSA) is 20.2 Å². The third kappa shape index (κ3) is 2.16. The molecule has 2 aromatic carbocycles. The molecule has 2 rings (SSSR count). The summed E-state index contributed by atoms with van der Waals surface area (Å²) in [6.45, 7) is 5.52. The van der Waals surface area contributed by atoms with E-state index < -0.39 is 5.60 Å². The van der Waals surface area contributed by atoms with Crippen molar-refractivity contribution in [1.29, 1.82) is 0 Å². The summed E-state index contributed by atoms with van der Waals surface area (Å²) in [5, 5.41) is 10.8. The number of halogens is 1. The van der Waals surface area contributed by atoms with Gasteiger partial charge in [0.05, 0.1) is 0 Å². The maximum Gasteiger partial charge on any atom is 0.123 e. The highest BCUT2D eigenvalue weighted by atomic mass is 19.1. The summed E-state index contributed by atoms with van der Waals surface area (Å²) in [5.41, 5.74) is 2.10. The van der Waals surface area contributed by atoms with Crippen molar-refractivity contribution in [3.63, 3.8) is 0 Å². The highest BCUT2D eigenvalue weighted by Crippen LogP contribution is 2.33. The molecule has 0 saturated carbocycles. The predicted octanol–water partition coefficient (Wildman–Crippen LogP) is 3.70. The van der Waals surface area contributed by atoms with Crippen molar-refractivity contribution in [3.8, 4) is 0 Å². The summed E-state index contributed by atoms with van der Waals surface area (Å²) in [6, 6.07) is 12.1. The van der Waals surface area contributed by atoms with Gasteiger partial charge in [0.1, 0.15) is 11.4 Å². The largest absolute Gasteiger partial charge is 0.381 e. The number of rotatable bonds is 2. The first-order valence-corrected chi connectivity index (χ1v) is 5.98. The summed E-state index contributed by atoms with van der Waals surface area (Å²) < 4.78 is 13.4. The fourth-order valence-corrected chi connectivity index (χ4v) is 2.38. The molecular formula is C16H17FO. The van der Waals surface area contributed by atoms with Gasteiger partial charge in [0, 0.05) is 0 Å². The average molecular weight is 244 g/mol. The lowest BCUT2D eigenvalue weighted by atomic mass is 9.83. The van der Waals surface area contributed by atoms with Gasteiger partial charge in [-0.05, 0) is 55.2 Å². The second-order valence-electron chi connectivity index (χ2n) is 4.85. The standard InChI is InChI=1S/C16H17FO/c1-11-6-4-5-7-14(11)16(3,18)15-10-13(17)9-8-12(15)2/h4-10,18H,1-3H3. The fraction of sp³-hybridized carbons (Fsp3) is 0.250. The van der Waals surface area contributed by atoms with Gasteiger partial charge < -0.3 is 5.11 Å². The Balaban J connectivity index is 2.61. The molecule has 1 nitrogen and oxygen atoms in total. The zero-order chi connectivity index (χ0) is 13.3. The normalized spacial score (nSPS) is 14.3. The first-order chi connectivity index (χ1) is 8.43. The molecule has 0 aromatic heterocycles. The van der Waals surface area contributed by atoms with E-state index in [9.17, 15) is 9.50 Å². The Morgan fingerprint density at radius 2 is 1.56 bits per heavy atom. The maximum atomic E-state index is 13.4. The zero-order valence-corrected chi connectivity index (χ0v) is 10.9. The predicted molar refractivity (Wildman–Crippen MR) is 71.0 cm³/mol. The number of aliphatic hydroxyl groups is 1. The second kappa shape index (κ2) is 4.54. The van der Waals surface area contributed by atoms with Crippen LogP contribution in [0.5, 0.6) is 0 Å². The van der Waals surface area contributed by atoms with Crippen LogP contribution >= 0.6 is 0 Å². The molecule has 0 heterocycles. The molecule has 0 aliphatic heterocycles. The van der Waals surface area contributed by atoms with E-state index in [4.69, 9.17) is 0 Å². The summed E-state index contributed by atoms with van der Waals surface area (Å²) in [7, 11) is 0. The lowest BCUT2D eigenvalue weighted by molar-refractivity contribution is 0.100. The van der Waals surface area contributed by atoms with Crippen LogP contribution in [0.25, 0.3) is 0 Å². The van der Waals surface area contributed by atoms with Crippen molar-refractivity contribution in [3.05, 3.63) is 70.5 Å². The lowest BCUT2D eigenvalue weighted by Gasteiger charge is -2.28. The van der Waals surface area contributed by atoms with Gasteiger partial charge in [0.15, 0.2) is 0 Å². The first kappa shape index (κ1) is 12.8. The summed E-state index contributed by atoms with van der Waals surface area (Å²) in [5.74, 6) is -0.329. The van der Waals surface area contributed by atoms with Gasteiger partial charge in [0.2, 0.25) is 0 Å². The summed E-state index contributed by atoms with van der Waals surface area (Å²) >= 11 is 0. The molecule has 94 valence electrons. The van der Waals surface area contributed by atoms with E-state index in [-0.39, 0.29) is 5.82 Å². The third-order valence-electron chi connectivity index (χ3n) is 3.39. The smallest absolute Gasteiger partial charge is 0.123 e. The highest BCUT2D eigenvalue weighted by Gasteiger charge is 2.28. The Kier molecular flexibility index (Phi) is 3.22. The van der Waals surface area contributed by atoms with Crippen molar-refractivity contribution in [1.82, 2.24) is 0 Å². The maximum absolute atomic E-state index is 13.4. The fourth-order valence-electron chi connectivity index (χ4n) is 2.38. The molecule has 0 radical (unpaired) electrons. The monoisotopic (exact) mass is 244 g/mol. The summed E-state index contributed by atoms with van der Waals surface area (Å²) in [4.78, 5) is 0. The van der Waals surface area contributed by atoms with Crippen molar-refractivity contribution in [2.75, 3.05) is 0 Å². The van der Waals surface area contributed by atoms with Crippen LogP contribution in [0.4, 0.5) is 4.39 Å². The molecule has 2 heteroatoms. The third-order valence-corrected chi connectivity index (χ3v) is 3.39. The molecule has 1 N–H and O–H groups in total. The number of aryl methyl sites for hydroxylation is 2. The van der Waals surface area contributed by atoms with Crippen LogP contribution in [-0.4, -0.2) is 5.11 Å². The Bertz CT molecular complexity index is 573. The van der Waals surface area contributed by atoms with Crippen LogP contribution in [0.3, 0.4) is 0 Å². The number of hydrogen-bond donors (Lipinski definition) is 1. The Labute approximate surface area is 107 Å². The Hall–Kier alpha value is -1.67. The summed E-state index contributed by atoms with van der Waals surface area (Å²) in [6.07, 6.45) is 0. The van der Waals surface area contributed by atoms with Crippen LogP contribution in [-0.2, 0) is 5.60 Å². The van der Waals surface area contributed by atoms with Crippen molar-refractivity contribution >= 4 is 0 Å². The minimum absolute atomic E-state index is 0.329. The van der Waals surface area contributed by atoms with E-state index in [0.29, 0.717) is 5.56 Å². The zero-order valence-electron chi connectivity index (χ0n) is 10.9. The van der Waals surface area contributed by atoms with Gasteiger partial charge in [0.25, 0.3) is 0 Å². The molecule has 2 aromatic rings. The van der Waals surface area contributed by atoms with Crippen LogP contribution < -0.4 is 0 Å². The molecule has 0 spiro atoms. The van der Waals surface area contributed by atoms with Gasteiger partial charge in [-0.3, -0.25) is 0 Å². The van der Waals surface area contributed by atoms with Gasteiger partial charge in [-0.25, -0.2) is 4.39 Å². The molecule has 0 saturated heterocycles. The molecule has 0 aliphatic carbocycles. The molecular weight excluding hydrogens is 227 g/mol. The number of hydrogen-bond acceptors (Lipinski definition) is 1. The van der Waals surface area contributed by atoms with E-state index in [0.717, 1.165) is 16.7 Å². The molecule has 18 heavy (non-hydrogen) atoms. The molecule has 1 atom stereocenters. The van der Waals surface area contributed by atoms with Crippen LogP contribution in [0.15, 0.2) is 42.5 Å². The quantitative estimate of drug-likeness (QED) is 0.854. The number of benzene rings is 2. The minimum Gasteiger partial charge on any atom is -0.381 e. The Morgan fingerprint density at radius 1 is 0.944 bits per heavy atom. The molecule has 0 aliphatic rings. The minimum atomic E-state index is -1.18. The second-order valence-corrected chi connectivity index (χ2v) is 4.85. The van der Waals surface area contributed by atoms with Crippen molar-refractivity contribution in [2.24, 2.45) is 0 Å². The molecule has 0 amide bonds. The Morgan fingerprint density at radius 3 is 2.22 bits per heavy atom. The lowest BCUT2D eigenvalue weighted by Crippen LogP contribution is -2.25. The van der Waals surface area contributed by atoms with Crippen molar-refractivity contribution < 1.29 is 9.50 Å². The van der Waals surface area contributed by atoms with Gasteiger partial charge >= 0.3 is 0 Å². The van der Waals surface area contributed by atoms with Crippen molar-refractivity contribution in [2.45, 2.75) is 26.4 Å². The van der Waals surface area contributed by atoms with Crippen LogP contribution in [0.1, 0.15) is 29.2 Å². The SMILES string of the molecule is Cc1ccccc1C(C)(O)c1cc(F)ccc1C. The van der Waals surface area contributed by atoms with E-state index in [1.54, 1.807) is 13.0 Å². The van der Waals surface area contributed by atoms with E-state index in [1.165, 1.54) is 12.1 Å². The van der Waals surface area contributed by atoms with E-state index >= 15 is 0 Å². The molecule has 0 bridgehead atoms. The molecule has 0 fully saturated rings. The first-order valence-electron chi connectivity index (χ1n) is 5.98.